The van der Waals surface area contributed by atoms with Crippen molar-refractivity contribution in [2.75, 3.05) is 18.4 Å². The van der Waals surface area contributed by atoms with Crippen molar-refractivity contribution >= 4 is 28.3 Å². The van der Waals surface area contributed by atoms with E-state index in [4.69, 9.17) is 0 Å². The van der Waals surface area contributed by atoms with Gasteiger partial charge in [-0.3, -0.25) is 14.5 Å². The highest BCUT2D eigenvalue weighted by Crippen LogP contribution is 2.26. The molecule has 1 aromatic heterocycles. The molecule has 1 aliphatic rings. The molecule has 4 rings (SSSR count). The molecule has 0 aliphatic carbocycles. The number of phenols is 1. The van der Waals surface area contributed by atoms with Crippen molar-refractivity contribution in [2.45, 2.75) is 25.8 Å². The van der Waals surface area contributed by atoms with Gasteiger partial charge in [0.1, 0.15) is 5.75 Å². The predicted octanol–water partition coefficient (Wildman–Crippen LogP) is 3.80. The molecule has 29 heavy (non-hydrogen) atoms. The molecule has 1 amide bonds. The van der Waals surface area contributed by atoms with Crippen molar-refractivity contribution < 1.29 is 14.7 Å². The van der Waals surface area contributed by atoms with E-state index in [1.807, 2.05) is 31.2 Å². The number of carbonyl (C=O) groups is 2. The minimum Gasteiger partial charge on any atom is -0.506 e. The Balaban J connectivity index is 1.37. The second-order valence-corrected chi connectivity index (χ2v) is 7.60. The highest BCUT2D eigenvalue weighted by molar-refractivity contribution is 6.10. The van der Waals surface area contributed by atoms with Crippen molar-refractivity contribution in [1.82, 2.24) is 9.88 Å². The fourth-order valence-corrected chi connectivity index (χ4v) is 4.03. The van der Waals surface area contributed by atoms with Crippen LogP contribution in [0.4, 0.5) is 5.69 Å². The van der Waals surface area contributed by atoms with E-state index in [0.29, 0.717) is 37.2 Å². The Kier molecular flexibility index (Phi) is 5.36. The Labute approximate surface area is 169 Å². The summed E-state index contributed by atoms with van der Waals surface area (Å²) < 4.78 is 0. The largest absolute Gasteiger partial charge is 0.506 e. The van der Waals surface area contributed by atoms with Crippen LogP contribution in [0.5, 0.6) is 5.75 Å². The number of fused-ring (bicyclic) bond motifs is 1. The van der Waals surface area contributed by atoms with Gasteiger partial charge in [0.25, 0.3) is 0 Å². The number of amides is 1. The summed E-state index contributed by atoms with van der Waals surface area (Å²) in [4.78, 5) is 30.9. The molecule has 2 aromatic carbocycles. The molecule has 0 unspecified atom stereocenters. The average Bonchev–Trinajstić information content (AvgIpc) is 3.18. The maximum Gasteiger partial charge on any atom is 0.227 e. The van der Waals surface area contributed by atoms with Gasteiger partial charge in [-0.1, -0.05) is 30.3 Å². The lowest BCUT2D eigenvalue weighted by molar-refractivity contribution is -0.121. The highest BCUT2D eigenvalue weighted by Gasteiger charge is 2.31. The van der Waals surface area contributed by atoms with Crippen molar-refractivity contribution in [3.63, 3.8) is 0 Å². The number of nitrogens with one attached hydrogen (secondary N) is 2. The number of phenolic OH excluding ortho intramolecular Hbond substituents is 1. The van der Waals surface area contributed by atoms with Gasteiger partial charge in [-0.05, 0) is 51.1 Å². The normalized spacial score (nSPS) is 16.6. The molecule has 1 saturated heterocycles. The quantitative estimate of drug-likeness (QED) is 0.456. The van der Waals surface area contributed by atoms with E-state index in [1.54, 1.807) is 30.5 Å². The number of aromatic nitrogens is 1. The molecule has 0 saturated carbocycles. The van der Waals surface area contributed by atoms with Crippen molar-refractivity contribution in [2.24, 2.45) is 5.92 Å². The zero-order valence-corrected chi connectivity index (χ0v) is 16.4. The number of benzene rings is 2. The number of nitrogens with zero attached hydrogens (tertiary/aromatic N) is 1. The third kappa shape index (κ3) is 3.89. The van der Waals surface area contributed by atoms with E-state index in [9.17, 15) is 14.7 Å². The SMILES string of the molecule is C[C@@H](C(=O)c1c[nH]c2ccccc12)N1CCC(C(=O)Nc2ccccc2O)CC1. The maximum atomic E-state index is 13.0. The fraction of sp³-hybridized carbons (Fsp3) is 0.304. The van der Waals surface area contributed by atoms with Crippen molar-refractivity contribution in [3.05, 3.63) is 60.3 Å². The number of piperidine rings is 1. The molecule has 0 radical (unpaired) electrons. The van der Waals surface area contributed by atoms with Crippen LogP contribution in [0.3, 0.4) is 0 Å². The van der Waals surface area contributed by atoms with E-state index in [1.165, 1.54) is 0 Å². The standard InChI is InChI=1S/C23H25N3O3/c1-15(22(28)18-14-24-19-7-3-2-6-17(18)19)26-12-10-16(11-13-26)23(29)25-20-8-4-5-9-21(20)27/h2-9,14-16,24,27H,10-13H2,1H3,(H,25,29)/t15-/m0/s1. The number of rotatable bonds is 5. The fourth-order valence-electron chi connectivity index (χ4n) is 4.03. The highest BCUT2D eigenvalue weighted by atomic mass is 16.3. The first-order valence-corrected chi connectivity index (χ1v) is 9.98. The van der Waals surface area contributed by atoms with Crippen LogP contribution in [0.15, 0.2) is 54.7 Å². The third-order valence-electron chi connectivity index (χ3n) is 5.84. The lowest BCUT2D eigenvalue weighted by atomic mass is 9.93. The topological polar surface area (TPSA) is 85.4 Å². The maximum absolute atomic E-state index is 13.0. The van der Waals surface area contributed by atoms with E-state index >= 15 is 0 Å². The molecule has 6 heteroatoms. The Morgan fingerprint density at radius 3 is 2.55 bits per heavy atom. The lowest BCUT2D eigenvalue weighted by Crippen LogP contribution is -2.45. The molecular weight excluding hydrogens is 366 g/mol. The number of likely N-dealkylation sites (tertiary alicyclic amines) is 1. The van der Waals surface area contributed by atoms with Crippen LogP contribution >= 0.6 is 0 Å². The first kappa shape index (κ1) is 19.2. The molecule has 1 atom stereocenters. The van der Waals surface area contributed by atoms with Gasteiger partial charge in [-0.15, -0.1) is 0 Å². The van der Waals surface area contributed by atoms with Crippen LogP contribution in [-0.2, 0) is 4.79 Å². The Morgan fingerprint density at radius 2 is 1.79 bits per heavy atom. The first-order valence-electron chi connectivity index (χ1n) is 9.98. The van der Waals surface area contributed by atoms with Gasteiger partial charge in [0.15, 0.2) is 5.78 Å². The van der Waals surface area contributed by atoms with Crippen LogP contribution in [0.2, 0.25) is 0 Å². The molecule has 1 fully saturated rings. The van der Waals surface area contributed by atoms with Gasteiger partial charge in [-0.2, -0.15) is 0 Å². The van der Waals surface area contributed by atoms with E-state index in [2.05, 4.69) is 15.2 Å². The number of H-pyrrole nitrogens is 1. The van der Waals surface area contributed by atoms with Gasteiger partial charge in [0.05, 0.1) is 11.7 Å². The monoisotopic (exact) mass is 391 g/mol. The molecule has 6 nitrogen and oxygen atoms in total. The summed E-state index contributed by atoms with van der Waals surface area (Å²) in [5.41, 5.74) is 2.11. The van der Waals surface area contributed by atoms with Gasteiger partial charge in [0.2, 0.25) is 5.91 Å². The number of hydrogen-bond donors (Lipinski definition) is 3. The summed E-state index contributed by atoms with van der Waals surface area (Å²) in [5, 5.41) is 13.6. The molecule has 1 aliphatic heterocycles. The number of Topliss-reactive ketones (excluding diaryl/α,β-unsaturated/α-hetero) is 1. The Morgan fingerprint density at radius 1 is 1.10 bits per heavy atom. The Bertz CT molecular complexity index is 1030. The molecular formula is C23H25N3O3. The number of aromatic amines is 1. The summed E-state index contributed by atoms with van der Waals surface area (Å²) in [6, 6.07) is 14.3. The van der Waals surface area contributed by atoms with Crippen LogP contribution in [0.1, 0.15) is 30.1 Å². The molecule has 0 bridgehead atoms. The number of aromatic hydroxyl groups is 1. The number of anilines is 1. The second kappa shape index (κ2) is 8.09. The predicted molar refractivity (Wildman–Crippen MR) is 113 cm³/mol. The Hall–Kier alpha value is -3.12. The van der Waals surface area contributed by atoms with E-state index in [-0.39, 0.29) is 29.4 Å². The smallest absolute Gasteiger partial charge is 0.227 e. The molecule has 3 aromatic rings. The summed E-state index contributed by atoms with van der Waals surface area (Å²) in [7, 11) is 0. The number of ketones is 1. The minimum absolute atomic E-state index is 0.0660. The molecule has 0 spiro atoms. The van der Waals surface area contributed by atoms with Crippen molar-refractivity contribution in [1.29, 1.82) is 0 Å². The van der Waals surface area contributed by atoms with E-state index < -0.39 is 0 Å². The van der Waals surface area contributed by atoms with Gasteiger partial charge in [0, 0.05) is 28.6 Å². The number of carbonyl (C=O) groups excluding carboxylic acids is 2. The number of para-hydroxylation sites is 3. The van der Waals surface area contributed by atoms with Gasteiger partial charge in [-0.25, -0.2) is 0 Å². The van der Waals surface area contributed by atoms with Crippen LogP contribution in [0.25, 0.3) is 10.9 Å². The summed E-state index contributed by atoms with van der Waals surface area (Å²) >= 11 is 0. The van der Waals surface area contributed by atoms with E-state index in [0.717, 1.165) is 10.9 Å². The molecule has 3 N–H and O–H groups in total. The van der Waals surface area contributed by atoms with Crippen molar-refractivity contribution in [3.8, 4) is 5.75 Å². The third-order valence-corrected chi connectivity index (χ3v) is 5.84. The van der Waals surface area contributed by atoms with Crippen LogP contribution in [-0.4, -0.2) is 45.8 Å². The lowest BCUT2D eigenvalue weighted by Gasteiger charge is -2.34. The average molecular weight is 391 g/mol. The van der Waals surface area contributed by atoms with Crippen LogP contribution in [0, 0.1) is 5.92 Å². The molecule has 2 heterocycles. The summed E-state index contributed by atoms with van der Waals surface area (Å²) in [5.74, 6) is -0.0428. The van der Waals surface area contributed by atoms with Gasteiger partial charge >= 0.3 is 0 Å². The zero-order valence-electron chi connectivity index (χ0n) is 16.4. The second-order valence-electron chi connectivity index (χ2n) is 7.60. The molecule has 150 valence electrons. The summed E-state index contributed by atoms with van der Waals surface area (Å²) in [6.07, 6.45) is 3.16. The van der Waals surface area contributed by atoms with Crippen LogP contribution < -0.4 is 5.32 Å². The first-order chi connectivity index (χ1) is 14.0. The summed E-state index contributed by atoms with van der Waals surface area (Å²) in [6.45, 7) is 3.31. The minimum atomic E-state index is -0.239. The zero-order chi connectivity index (χ0) is 20.4. The van der Waals surface area contributed by atoms with Gasteiger partial charge < -0.3 is 15.4 Å². The number of hydrogen-bond acceptors (Lipinski definition) is 4.